The molecule has 23 heavy (non-hydrogen) atoms. The monoisotopic (exact) mass is 315 g/mol. The van der Waals surface area contributed by atoms with Gasteiger partial charge < -0.3 is 19.9 Å². The highest BCUT2D eigenvalue weighted by molar-refractivity contribution is 5.98. The lowest BCUT2D eigenvalue weighted by Crippen LogP contribution is -2.30. The van der Waals surface area contributed by atoms with Gasteiger partial charge in [-0.05, 0) is 37.3 Å². The molecule has 2 aromatic rings. The highest BCUT2D eigenvalue weighted by Crippen LogP contribution is 2.24. The van der Waals surface area contributed by atoms with Gasteiger partial charge >= 0.3 is 5.97 Å². The number of amides is 1. The molecule has 0 radical (unpaired) electrons. The van der Waals surface area contributed by atoms with Crippen molar-refractivity contribution in [2.75, 3.05) is 12.4 Å². The molecule has 1 atom stereocenters. The summed E-state index contributed by atoms with van der Waals surface area (Å²) in [5.41, 5.74) is 0.535. The number of nitrogens with one attached hydrogen (secondary N) is 1. The number of ether oxygens (including phenoxy) is 2. The molecule has 2 rings (SSSR count). The van der Waals surface area contributed by atoms with Crippen molar-refractivity contribution in [2.24, 2.45) is 0 Å². The highest BCUT2D eigenvalue weighted by Gasteiger charge is 2.21. The minimum absolute atomic E-state index is 0.0660. The van der Waals surface area contributed by atoms with Crippen molar-refractivity contribution in [1.82, 2.24) is 0 Å². The predicted molar refractivity (Wildman–Crippen MR) is 84.6 cm³/mol. The number of hydrogen-bond acceptors (Lipinski definition) is 5. The third kappa shape index (κ3) is 4.23. The summed E-state index contributed by atoms with van der Waals surface area (Å²) < 4.78 is 10.1. The number of para-hydroxylation sites is 1. The molecule has 1 unspecified atom stereocenters. The van der Waals surface area contributed by atoms with E-state index in [1.807, 2.05) is 6.07 Å². The first kappa shape index (κ1) is 16.4. The van der Waals surface area contributed by atoms with Gasteiger partial charge in [0.15, 0.2) is 6.10 Å². The molecular formula is C17H17NO5. The number of aromatic hydroxyl groups is 1. The summed E-state index contributed by atoms with van der Waals surface area (Å²) in [7, 11) is 1.44. The van der Waals surface area contributed by atoms with Gasteiger partial charge in [0, 0.05) is 5.69 Å². The molecule has 120 valence electrons. The number of phenolic OH excluding ortho intramolecular Hbond substituents is 1. The average Bonchev–Trinajstić information content (AvgIpc) is 2.56. The number of hydrogen-bond donors (Lipinski definition) is 2. The van der Waals surface area contributed by atoms with Gasteiger partial charge in [-0.1, -0.05) is 18.2 Å². The van der Waals surface area contributed by atoms with Crippen LogP contribution in [0.3, 0.4) is 0 Å². The third-order valence-electron chi connectivity index (χ3n) is 3.12. The lowest BCUT2D eigenvalue weighted by molar-refractivity contribution is -0.123. The van der Waals surface area contributed by atoms with Gasteiger partial charge in [0.2, 0.25) is 0 Å². The maximum atomic E-state index is 12.1. The van der Waals surface area contributed by atoms with Crippen molar-refractivity contribution in [1.29, 1.82) is 0 Å². The van der Waals surface area contributed by atoms with Crippen molar-refractivity contribution in [3.05, 3.63) is 54.1 Å². The Kier molecular flexibility index (Phi) is 5.19. The van der Waals surface area contributed by atoms with Crippen LogP contribution in [0.4, 0.5) is 5.69 Å². The zero-order chi connectivity index (χ0) is 16.8. The molecule has 0 heterocycles. The molecular weight excluding hydrogens is 298 g/mol. The van der Waals surface area contributed by atoms with E-state index in [9.17, 15) is 14.7 Å². The number of rotatable bonds is 5. The second kappa shape index (κ2) is 7.31. The minimum atomic E-state index is -1.02. The molecule has 0 aromatic heterocycles. The Bertz CT molecular complexity index is 699. The van der Waals surface area contributed by atoms with Gasteiger partial charge in [0.1, 0.15) is 17.1 Å². The molecule has 6 nitrogen and oxygen atoms in total. The Hall–Kier alpha value is -3.02. The van der Waals surface area contributed by atoms with Gasteiger partial charge in [-0.25, -0.2) is 4.79 Å². The van der Waals surface area contributed by atoms with Crippen LogP contribution in [0.5, 0.6) is 11.5 Å². The summed E-state index contributed by atoms with van der Waals surface area (Å²) in [6.07, 6.45) is -1.02. The second-order valence-corrected chi connectivity index (χ2v) is 4.79. The second-order valence-electron chi connectivity index (χ2n) is 4.79. The van der Waals surface area contributed by atoms with E-state index >= 15 is 0 Å². The minimum Gasteiger partial charge on any atom is -0.507 e. The van der Waals surface area contributed by atoms with E-state index in [1.54, 1.807) is 24.3 Å². The number of anilines is 1. The summed E-state index contributed by atoms with van der Waals surface area (Å²) in [4.78, 5) is 24.1. The standard InChI is InChI=1S/C17H17NO5/c1-11(16(20)18-12-6-4-3-5-7-12)23-17(21)14-10-13(22-2)8-9-15(14)19/h3-11,19H,1-2H3,(H,18,20). The molecule has 1 amide bonds. The fourth-order valence-electron chi connectivity index (χ4n) is 1.85. The molecule has 0 saturated heterocycles. The number of methoxy groups -OCH3 is 1. The average molecular weight is 315 g/mol. The zero-order valence-corrected chi connectivity index (χ0v) is 12.8. The van der Waals surface area contributed by atoms with Crippen molar-refractivity contribution in [2.45, 2.75) is 13.0 Å². The Morgan fingerprint density at radius 1 is 1.13 bits per heavy atom. The first-order valence-electron chi connectivity index (χ1n) is 6.95. The molecule has 6 heteroatoms. The number of carbonyl (C=O) groups is 2. The predicted octanol–water partition coefficient (Wildman–Crippen LogP) is 2.58. The van der Waals surface area contributed by atoms with Crippen molar-refractivity contribution >= 4 is 17.6 Å². The summed E-state index contributed by atoms with van der Waals surface area (Å²) in [6, 6.07) is 13.0. The maximum Gasteiger partial charge on any atom is 0.342 e. The Morgan fingerprint density at radius 2 is 1.83 bits per heavy atom. The van der Waals surface area contributed by atoms with Crippen LogP contribution in [0.2, 0.25) is 0 Å². The molecule has 2 aromatic carbocycles. The van der Waals surface area contributed by atoms with E-state index in [0.717, 1.165) is 0 Å². The van der Waals surface area contributed by atoms with Crippen LogP contribution in [-0.2, 0) is 9.53 Å². The van der Waals surface area contributed by atoms with Gasteiger partial charge in [-0.15, -0.1) is 0 Å². The van der Waals surface area contributed by atoms with Crippen molar-refractivity contribution in [3.8, 4) is 11.5 Å². The fourth-order valence-corrected chi connectivity index (χ4v) is 1.85. The Morgan fingerprint density at radius 3 is 2.48 bits per heavy atom. The first-order valence-corrected chi connectivity index (χ1v) is 6.95. The number of benzene rings is 2. The topological polar surface area (TPSA) is 84.9 Å². The molecule has 0 aliphatic heterocycles. The fraction of sp³-hybridized carbons (Fsp3) is 0.176. The number of esters is 1. The van der Waals surface area contributed by atoms with E-state index < -0.39 is 18.0 Å². The molecule has 0 fully saturated rings. The lowest BCUT2D eigenvalue weighted by atomic mass is 10.2. The third-order valence-corrected chi connectivity index (χ3v) is 3.12. The van der Waals surface area contributed by atoms with Crippen molar-refractivity contribution in [3.63, 3.8) is 0 Å². The van der Waals surface area contributed by atoms with Crippen LogP contribution in [0.25, 0.3) is 0 Å². The van der Waals surface area contributed by atoms with Crippen LogP contribution < -0.4 is 10.1 Å². The largest absolute Gasteiger partial charge is 0.507 e. The summed E-state index contributed by atoms with van der Waals surface area (Å²) in [5.74, 6) is -1.12. The Labute approximate surface area is 133 Å². The van der Waals surface area contributed by atoms with Crippen molar-refractivity contribution < 1.29 is 24.2 Å². The quantitative estimate of drug-likeness (QED) is 0.828. The van der Waals surface area contributed by atoms with Crippen LogP contribution >= 0.6 is 0 Å². The Balaban J connectivity index is 2.03. The molecule has 0 spiro atoms. The van der Waals surface area contributed by atoms with Crippen LogP contribution in [-0.4, -0.2) is 30.2 Å². The first-order chi connectivity index (χ1) is 11.0. The van der Waals surface area contributed by atoms with E-state index in [1.165, 1.54) is 32.2 Å². The van der Waals surface area contributed by atoms with Crippen LogP contribution in [0.1, 0.15) is 17.3 Å². The zero-order valence-electron chi connectivity index (χ0n) is 12.8. The van der Waals surface area contributed by atoms with Gasteiger partial charge in [-0.2, -0.15) is 0 Å². The maximum absolute atomic E-state index is 12.1. The number of phenols is 1. The van der Waals surface area contributed by atoms with E-state index in [-0.39, 0.29) is 11.3 Å². The van der Waals surface area contributed by atoms with E-state index in [4.69, 9.17) is 9.47 Å². The van der Waals surface area contributed by atoms with E-state index in [0.29, 0.717) is 11.4 Å². The molecule has 0 aliphatic carbocycles. The smallest absolute Gasteiger partial charge is 0.342 e. The normalized spacial score (nSPS) is 11.4. The summed E-state index contributed by atoms with van der Waals surface area (Å²) in [5, 5.41) is 12.4. The summed E-state index contributed by atoms with van der Waals surface area (Å²) in [6.45, 7) is 1.45. The molecule has 0 aliphatic rings. The van der Waals surface area contributed by atoms with Gasteiger partial charge in [-0.3, -0.25) is 4.79 Å². The molecule has 0 saturated carbocycles. The van der Waals surface area contributed by atoms with E-state index in [2.05, 4.69) is 5.32 Å². The molecule has 2 N–H and O–H groups in total. The lowest BCUT2D eigenvalue weighted by Gasteiger charge is -2.14. The summed E-state index contributed by atoms with van der Waals surface area (Å²) >= 11 is 0. The SMILES string of the molecule is COc1ccc(O)c(C(=O)OC(C)C(=O)Nc2ccccc2)c1. The van der Waals surface area contributed by atoms with Crippen LogP contribution in [0, 0.1) is 0 Å². The van der Waals surface area contributed by atoms with Crippen LogP contribution in [0.15, 0.2) is 48.5 Å². The number of carbonyl (C=O) groups excluding carboxylic acids is 2. The van der Waals surface area contributed by atoms with Gasteiger partial charge in [0.05, 0.1) is 7.11 Å². The van der Waals surface area contributed by atoms with Gasteiger partial charge in [0.25, 0.3) is 5.91 Å². The molecule has 0 bridgehead atoms. The highest BCUT2D eigenvalue weighted by atomic mass is 16.5.